The summed E-state index contributed by atoms with van der Waals surface area (Å²) in [5.74, 6) is 0.193. The molecule has 2 aliphatic rings. The van der Waals surface area contributed by atoms with Crippen LogP contribution in [-0.4, -0.2) is 53.7 Å². The number of hydrogen-bond acceptors (Lipinski definition) is 4. The average Bonchev–Trinajstić information content (AvgIpc) is 2.74. The number of rotatable bonds is 4. The van der Waals surface area contributed by atoms with Gasteiger partial charge >= 0.3 is 0 Å². The SMILES string of the molecule is C=CCN1C(=NC(=O)CCC)S[C@H]2CS(=O)(=O)C[C@@H]21. The summed E-state index contributed by atoms with van der Waals surface area (Å²) < 4.78 is 23.3. The molecule has 1 amide bonds. The van der Waals surface area contributed by atoms with Gasteiger partial charge in [0.05, 0.1) is 17.5 Å². The smallest absolute Gasteiger partial charge is 0.248 e. The van der Waals surface area contributed by atoms with Gasteiger partial charge in [-0.05, 0) is 6.42 Å². The Kier molecular flexibility index (Phi) is 4.35. The van der Waals surface area contributed by atoms with E-state index in [-0.39, 0.29) is 28.7 Å². The first-order valence-corrected chi connectivity index (χ1v) is 9.03. The fourth-order valence-electron chi connectivity index (χ4n) is 2.36. The molecule has 2 saturated heterocycles. The van der Waals surface area contributed by atoms with Crippen LogP contribution in [-0.2, 0) is 14.6 Å². The first kappa shape index (κ1) is 14.6. The minimum absolute atomic E-state index is 0.00173. The molecule has 5 nitrogen and oxygen atoms in total. The first-order valence-electron chi connectivity index (χ1n) is 6.33. The minimum atomic E-state index is -2.96. The number of fused-ring (bicyclic) bond motifs is 1. The number of sulfone groups is 1. The van der Waals surface area contributed by atoms with E-state index in [4.69, 9.17) is 0 Å². The molecule has 2 atom stereocenters. The lowest BCUT2D eigenvalue weighted by Crippen LogP contribution is -2.37. The zero-order valence-corrected chi connectivity index (χ0v) is 12.5. The number of hydrogen-bond donors (Lipinski definition) is 0. The van der Waals surface area contributed by atoms with Crippen molar-refractivity contribution >= 4 is 32.7 Å². The molecule has 0 N–H and O–H groups in total. The first-order chi connectivity index (χ1) is 8.96. The van der Waals surface area contributed by atoms with E-state index in [1.54, 1.807) is 6.08 Å². The van der Waals surface area contributed by atoms with Crippen LogP contribution in [0.15, 0.2) is 17.6 Å². The quantitative estimate of drug-likeness (QED) is 0.727. The zero-order valence-electron chi connectivity index (χ0n) is 10.9. The van der Waals surface area contributed by atoms with Gasteiger partial charge < -0.3 is 4.90 Å². The summed E-state index contributed by atoms with van der Waals surface area (Å²) in [7, 11) is -2.96. The Morgan fingerprint density at radius 2 is 2.32 bits per heavy atom. The van der Waals surface area contributed by atoms with Gasteiger partial charge in [0.15, 0.2) is 15.0 Å². The van der Waals surface area contributed by atoms with Gasteiger partial charge in [-0.3, -0.25) is 4.79 Å². The van der Waals surface area contributed by atoms with Crippen molar-refractivity contribution in [2.24, 2.45) is 4.99 Å². The van der Waals surface area contributed by atoms with Crippen molar-refractivity contribution < 1.29 is 13.2 Å². The summed E-state index contributed by atoms with van der Waals surface area (Å²) in [5.41, 5.74) is 0. The third-order valence-corrected chi connectivity index (χ3v) is 6.43. The summed E-state index contributed by atoms with van der Waals surface area (Å²) in [4.78, 5) is 17.6. The molecule has 0 unspecified atom stereocenters. The Balaban J connectivity index is 2.19. The minimum Gasteiger partial charge on any atom is -0.342 e. The second-order valence-electron chi connectivity index (χ2n) is 4.78. The zero-order chi connectivity index (χ0) is 14.0. The highest BCUT2D eigenvalue weighted by Crippen LogP contribution is 2.37. The van der Waals surface area contributed by atoms with Crippen molar-refractivity contribution in [1.82, 2.24) is 4.90 Å². The monoisotopic (exact) mass is 302 g/mol. The second kappa shape index (κ2) is 5.66. The lowest BCUT2D eigenvalue weighted by molar-refractivity contribution is -0.117. The van der Waals surface area contributed by atoms with Crippen molar-refractivity contribution in [2.75, 3.05) is 18.1 Å². The van der Waals surface area contributed by atoms with E-state index in [2.05, 4.69) is 11.6 Å². The molecule has 0 aromatic carbocycles. The average molecular weight is 302 g/mol. The number of carbonyl (C=O) groups is 1. The number of amidine groups is 1. The summed E-state index contributed by atoms with van der Waals surface area (Å²) >= 11 is 1.41. The molecule has 106 valence electrons. The molecule has 0 spiro atoms. The largest absolute Gasteiger partial charge is 0.342 e. The van der Waals surface area contributed by atoms with Crippen LogP contribution in [0.4, 0.5) is 0 Å². The standard InChI is InChI=1S/C12H18N2O3S2/c1-3-5-11(15)13-12-14(6-4-2)9-7-19(16,17)8-10(9)18-12/h4,9-10H,2-3,5-8H2,1H3/t9-,10-/m0/s1. The maximum atomic E-state index is 11.7. The number of aliphatic imine (C=N–C) groups is 1. The number of thioether (sulfide) groups is 1. The molecule has 7 heteroatoms. The molecule has 2 fully saturated rings. The summed E-state index contributed by atoms with van der Waals surface area (Å²) in [5, 5.41) is 0.654. The molecule has 0 bridgehead atoms. The Labute approximate surface area is 118 Å². The molecular formula is C12H18N2O3S2. The predicted molar refractivity (Wildman–Crippen MR) is 78.1 cm³/mol. The molecule has 2 rings (SSSR count). The van der Waals surface area contributed by atoms with Crippen molar-refractivity contribution in [2.45, 2.75) is 31.1 Å². The molecule has 2 heterocycles. The van der Waals surface area contributed by atoms with Gasteiger partial charge in [-0.1, -0.05) is 24.8 Å². The molecule has 2 aliphatic heterocycles. The fraction of sp³-hybridized carbons (Fsp3) is 0.667. The van der Waals surface area contributed by atoms with E-state index in [1.807, 2.05) is 11.8 Å². The van der Waals surface area contributed by atoms with E-state index in [0.717, 1.165) is 6.42 Å². The Hall–Kier alpha value is -0.820. The van der Waals surface area contributed by atoms with Crippen molar-refractivity contribution in [3.63, 3.8) is 0 Å². The summed E-state index contributed by atoms with van der Waals surface area (Å²) in [6.07, 6.45) is 2.91. The van der Waals surface area contributed by atoms with Gasteiger partial charge in [0, 0.05) is 18.2 Å². The van der Waals surface area contributed by atoms with Crippen LogP contribution in [0.5, 0.6) is 0 Å². The number of nitrogens with zero attached hydrogens (tertiary/aromatic N) is 2. The van der Waals surface area contributed by atoms with E-state index in [1.165, 1.54) is 11.8 Å². The highest BCUT2D eigenvalue weighted by atomic mass is 32.2. The van der Waals surface area contributed by atoms with Crippen LogP contribution >= 0.6 is 11.8 Å². The molecule has 0 aromatic rings. The summed E-state index contributed by atoms with van der Waals surface area (Å²) in [6, 6.07) is -0.0684. The maximum absolute atomic E-state index is 11.7. The van der Waals surface area contributed by atoms with Crippen LogP contribution in [0.2, 0.25) is 0 Å². The van der Waals surface area contributed by atoms with Crippen LogP contribution in [0.1, 0.15) is 19.8 Å². The van der Waals surface area contributed by atoms with Gasteiger partial charge in [-0.2, -0.15) is 4.99 Å². The van der Waals surface area contributed by atoms with E-state index >= 15 is 0 Å². The number of carbonyl (C=O) groups excluding carboxylic acids is 1. The highest BCUT2D eigenvalue weighted by molar-refractivity contribution is 8.15. The number of amides is 1. The Bertz CT molecular complexity index is 513. The van der Waals surface area contributed by atoms with Gasteiger partial charge in [0.25, 0.3) is 0 Å². The van der Waals surface area contributed by atoms with E-state index in [0.29, 0.717) is 18.1 Å². The Morgan fingerprint density at radius 3 is 2.95 bits per heavy atom. The van der Waals surface area contributed by atoms with Crippen molar-refractivity contribution in [1.29, 1.82) is 0 Å². The molecule has 0 radical (unpaired) electrons. The van der Waals surface area contributed by atoms with Gasteiger partial charge in [0.1, 0.15) is 0 Å². The normalized spacial score (nSPS) is 30.6. The Morgan fingerprint density at radius 1 is 1.58 bits per heavy atom. The molecule has 0 aromatic heterocycles. The van der Waals surface area contributed by atoms with Crippen LogP contribution in [0.3, 0.4) is 0 Å². The topological polar surface area (TPSA) is 66.8 Å². The van der Waals surface area contributed by atoms with Gasteiger partial charge in [-0.25, -0.2) is 8.42 Å². The molecule has 0 aliphatic carbocycles. The van der Waals surface area contributed by atoms with Crippen LogP contribution < -0.4 is 0 Å². The van der Waals surface area contributed by atoms with Crippen LogP contribution in [0, 0.1) is 0 Å². The molecule has 19 heavy (non-hydrogen) atoms. The van der Waals surface area contributed by atoms with Gasteiger partial charge in [-0.15, -0.1) is 6.58 Å². The second-order valence-corrected chi connectivity index (χ2v) is 8.14. The third kappa shape index (κ3) is 3.20. The van der Waals surface area contributed by atoms with E-state index < -0.39 is 9.84 Å². The van der Waals surface area contributed by atoms with Crippen molar-refractivity contribution in [3.8, 4) is 0 Å². The highest BCUT2D eigenvalue weighted by Gasteiger charge is 2.48. The predicted octanol–water partition coefficient (Wildman–Crippen LogP) is 1.07. The molecule has 0 saturated carbocycles. The third-order valence-electron chi connectivity index (χ3n) is 3.18. The molecular weight excluding hydrogens is 284 g/mol. The van der Waals surface area contributed by atoms with E-state index in [9.17, 15) is 13.2 Å². The van der Waals surface area contributed by atoms with Crippen molar-refractivity contribution in [3.05, 3.63) is 12.7 Å². The fourth-order valence-corrected chi connectivity index (χ4v) is 6.34. The van der Waals surface area contributed by atoms with Crippen LogP contribution in [0.25, 0.3) is 0 Å². The lowest BCUT2D eigenvalue weighted by Gasteiger charge is -2.22. The lowest BCUT2D eigenvalue weighted by atomic mass is 10.2. The summed E-state index contributed by atoms with van der Waals surface area (Å²) in [6.45, 7) is 6.15. The maximum Gasteiger partial charge on any atom is 0.248 e. The van der Waals surface area contributed by atoms with Gasteiger partial charge in [0.2, 0.25) is 5.91 Å².